The predicted molar refractivity (Wildman–Crippen MR) is 92.0 cm³/mol. The van der Waals surface area contributed by atoms with Gasteiger partial charge < -0.3 is 9.88 Å². The Bertz CT molecular complexity index is 782. The molecule has 1 amide bonds. The van der Waals surface area contributed by atoms with Crippen LogP contribution in [0.15, 0.2) is 67.3 Å². The topological polar surface area (TPSA) is 46.9 Å². The third-order valence-corrected chi connectivity index (χ3v) is 3.90. The molecule has 5 heteroatoms. The van der Waals surface area contributed by atoms with Gasteiger partial charge >= 0.3 is 0 Å². The molecule has 0 bridgehead atoms. The molecule has 0 atom stereocenters. The molecule has 0 aliphatic carbocycles. The zero-order valence-corrected chi connectivity index (χ0v) is 13.2. The Morgan fingerprint density at radius 3 is 2.61 bits per heavy atom. The first-order valence-corrected chi connectivity index (χ1v) is 7.72. The van der Waals surface area contributed by atoms with Crippen molar-refractivity contribution in [3.05, 3.63) is 77.8 Å². The molecule has 1 N–H and O–H groups in total. The number of hydrogen-bond donors (Lipinski definition) is 1. The number of carbonyl (C=O) groups excluding carboxylic acids is 1. The number of nitrogens with one attached hydrogen (secondary N) is 1. The molecule has 0 unspecified atom stereocenters. The maximum atomic E-state index is 12.0. The van der Waals surface area contributed by atoms with Gasteiger partial charge in [-0.25, -0.2) is 4.98 Å². The van der Waals surface area contributed by atoms with E-state index in [-0.39, 0.29) is 5.91 Å². The van der Waals surface area contributed by atoms with Crippen molar-refractivity contribution in [2.75, 3.05) is 5.32 Å². The van der Waals surface area contributed by atoms with E-state index in [0.29, 0.717) is 17.9 Å². The summed E-state index contributed by atoms with van der Waals surface area (Å²) in [6.45, 7) is 0. The smallest absolute Gasteiger partial charge is 0.224 e. The van der Waals surface area contributed by atoms with Crippen LogP contribution < -0.4 is 5.32 Å². The van der Waals surface area contributed by atoms with Crippen LogP contribution in [0, 0.1) is 0 Å². The van der Waals surface area contributed by atoms with Gasteiger partial charge in [0.05, 0.1) is 6.33 Å². The normalized spacial score (nSPS) is 10.5. The highest BCUT2D eigenvalue weighted by molar-refractivity contribution is 6.31. The fourth-order valence-electron chi connectivity index (χ4n) is 2.30. The van der Waals surface area contributed by atoms with Gasteiger partial charge in [-0.15, -0.1) is 0 Å². The number of halogens is 1. The number of aryl methyl sites for hydroxylation is 1. The van der Waals surface area contributed by atoms with Crippen LogP contribution in [-0.4, -0.2) is 15.5 Å². The first-order valence-electron chi connectivity index (χ1n) is 7.34. The summed E-state index contributed by atoms with van der Waals surface area (Å²) >= 11 is 6.10. The Hall–Kier alpha value is -2.59. The summed E-state index contributed by atoms with van der Waals surface area (Å²) in [5.74, 6) is -0.0275. The quantitative estimate of drug-likeness (QED) is 0.767. The van der Waals surface area contributed by atoms with Gasteiger partial charge in [-0.05, 0) is 42.3 Å². The molecule has 0 spiro atoms. The Morgan fingerprint density at radius 1 is 1.13 bits per heavy atom. The minimum Gasteiger partial charge on any atom is -0.326 e. The number of nitrogens with zero attached hydrogens (tertiary/aromatic N) is 2. The van der Waals surface area contributed by atoms with E-state index in [1.807, 2.05) is 59.3 Å². The number of benzene rings is 2. The molecule has 116 valence electrons. The number of hydrogen-bond acceptors (Lipinski definition) is 2. The average Bonchev–Trinajstić information content (AvgIpc) is 3.09. The standard InChI is InChI=1S/C18H16ClN3O/c19-17-4-2-1-3-14(17)5-10-18(23)21-15-6-8-16(9-7-15)22-12-11-20-13-22/h1-4,6-9,11-13H,5,10H2,(H,21,23). The van der Waals surface area contributed by atoms with Crippen LogP contribution in [0.2, 0.25) is 5.02 Å². The highest BCUT2D eigenvalue weighted by Gasteiger charge is 2.05. The van der Waals surface area contributed by atoms with E-state index < -0.39 is 0 Å². The number of imidazole rings is 1. The van der Waals surface area contributed by atoms with E-state index in [4.69, 9.17) is 11.6 Å². The highest BCUT2D eigenvalue weighted by Crippen LogP contribution is 2.17. The molecule has 0 fully saturated rings. The molecule has 0 saturated carbocycles. The predicted octanol–water partition coefficient (Wildman–Crippen LogP) is 4.10. The van der Waals surface area contributed by atoms with Gasteiger partial charge in [0.1, 0.15) is 0 Å². The number of aromatic nitrogens is 2. The van der Waals surface area contributed by atoms with Gasteiger partial charge in [-0.3, -0.25) is 4.79 Å². The van der Waals surface area contributed by atoms with E-state index in [1.165, 1.54) is 0 Å². The van der Waals surface area contributed by atoms with Crippen LogP contribution in [0.5, 0.6) is 0 Å². The Morgan fingerprint density at radius 2 is 1.91 bits per heavy atom. The van der Waals surface area contributed by atoms with Crippen LogP contribution >= 0.6 is 11.6 Å². The summed E-state index contributed by atoms with van der Waals surface area (Å²) in [7, 11) is 0. The molecule has 1 heterocycles. The number of rotatable bonds is 5. The van der Waals surface area contributed by atoms with Crippen molar-refractivity contribution in [1.82, 2.24) is 9.55 Å². The third-order valence-electron chi connectivity index (χ3n) is 3.53. The molecule has 23 heavy (non-hydrogen) atoms. The fourth-order valence-corrected chi connectivity index (χ4v) is 2.53. The summed E-state index contributed by atoms with van der Waals surface area (Å²) in [4.78, 5) is 16.1. The SMILES string of the molecule is O=C(CCc1ccccc1Cl)Nc1ccc(-n2ccnc2)cc1. The van der Waals surface area contributed by atoms with E-state index in [0.717, 1.165) is 16.9 Å². The molecule has 1 aromatic heterocycles. The molecular weight excluding hydrogens is 310 g/mol. The maximum absolute atomic E-state index is 12.0. The number of amides is 1. The molecule has 0 radical (unpaired) electrons. The fraction of sp³-hybridized carbons (Fsp3) is 0.111. The van der Waals surface area contributed by atoms with Gasteiger partial charge in [0, 0.05) is 35.2 Å². The van der Waals surface area contributed by atoms with Gasteiger partial charge in [0.2, 0.25) is 5.91 Å². The van der Waals surface area contributed by atoms with Crippen molar-refractivity contribution in [2.24, 2.45) is 0 Å². The van der Waals surface area contributed by atoms with Crippen LogP contribution in [0.1, 0.15) is 12.0 Å². The summed E-state index contributed by atoms with van der Waals surface area (Å²) in [6.07, 6.45) is 6.35. The van der Waals surface area contributed by atoms with Gasteiger partial charge in [0.15, 0.2) is 0 Å². The number of carbonyl (C=O) groups is 1. The second-order valence-electron chi connectivity index (χ2n) is 5.16. The molecule has 4 nitrogen and oxygen atoms in total. The lowest BCUT2D eigenvalue weighted by Gasteiger charge is -2.08. The second-order valence-corrected chi connectivity index (χ2v) is 5.56. The molecule has 3 aromatic rings. The number of anilines is 1. The second kappa shape index (κ2) is 7.11. The maximum Gasteiger partial charge on any atom is 0.224 e. The van der Waals surface area contributed by atoms with Gasteiger partial charge in [0.25, 0.3) is 0 Å². The van der Waals surface area contributed by atoms with E-state index >= 15 is 0 Å². The Kier molecular flexibility index (Phi) is 4.74. The van der Waals surface area contributed by atoms with E-state index in [9.17, 15) is 4.79 Å². The van der Waals surface area contributed by atoms with Crippen molar-refractivity contribution in [3.8, 4) is 5.69 Å². The van der Waals surface area contributed by atoms with Crippen molar-refractivity contribution < 1.29 is 4.79 Å². The van der Waals surface area contributed by atoms with Gasteiger partial charge in [-0.2, -0.15) is 0 Å². The molecule has 0 aliphatic rings. The molecule has 0 saturated heterocycles. The minimum absolute atomic E-state index is 0.0275. The van der Waals surface area contributed by atoms with Crippen LogP contribution in [0.3, 0.4) is 0 Å². The van der Waals surface area contributed by atoms with E-state index in [1.54, 1.807) is 12.5 Å². The molecule has 3 rings (SSSR count). The average molecular weight is 326 g/mol. The van der Waals surface area contributed by atoms with Gasteiger partial charge in [-0.1, -0.05) is 29.8 Å². The summed E-state index contributed by atoms with van der Waals surface area (Å²) < 4.78 is 1.91. The molecule has 0 aliphatic heterocycles. The zero-order chi connectivity index (χ0) is 16.1. The van der Waals surface area contributed by atoms with Crippen molar-refractivity contribution >= 4 is 23.2 Å². The third kappa shape index (κ3) is 3.99. The highest BCUT2D eigenvalue weighted by atomic mass is 35.5. The van der Waals surface area contributed by atoms with Crippen LogP contribution in [0.4, 0.5) is 5.69 Å². The molecular formula is C18H16ClN3O. The Labute approximate surface area is 139 Å². The minimum atomic E-state index is -0.0275. The Balaban J connectivity index is 1.57. The summed E-state index contributed by atoms with van der Waals surface area (Å²) in [5.41, 5.74) is 2.76. The lowest BCUT2D eigenvalue weighted by atomic mass is 10.1. The lowest BCUT2D eigenvalue weighted by molar-refractivity contribution is -0.116. The van der Waals surface area contributed by atoms with E-state index in [2.05, 4.69) is 10.3 Å². The monoisotopic (exact) mass is 325 g/mol. The van der Waals surface area contributed by atoms with Crippen molar-refractivity contribution in [1.29, 1.82) is 0 Å². The first kappa shape index (κ1) is 15.3. The van der Waals surface area contributed by atoms with Crippen molar-refractivity contribution in [3.63, 3.8) is 0 Å². The summed E-state index contributed by atoms with van der Waals surface area (Å²) in [6, 6.07) is 15.2. The van der Waals surface area contributed by atoms with Crippen LogP contribution in [0.25, 0.3) is 5.69 Å². The zero-order valence-electron chi connectivity index (χ0n) is 12.4. The first-order chi connectivity index (χ1) is 11.2. The lowest BCUT2D eigenvalue weighted by Crippen LogP contribution is -2.12. The summed E-state index contributed by atoms with van der Waals surface area (Å²) in [5, 5.41) is 3.60. The van der Waals surface area contributed by atoms with Crippen molar-refractivity contribution in [2.45, 2.75) is 12.8 Å². The van der Waals surface area contributed by atoms with Crippen LogP contribution in [-0.2, 0) is 11.2 Å². The molecule has 2 aromatic carbocycles. The largest absolute Gasteiger partial charge is 0.326 e.